The van der Waals surface area contributed by atoms with Gasteiger partial charge < -0.3 is 14.6 Å². The van der Waals surface area contributed by atoms with Gasteiger partial charge in [0.25, 0.3) is 10.0 Å². The second-order valence-electron chi connectivity index (χ2n) is 6.59. The number of carboxylic acids is 1. The normalized spacial score (nSPS) is 13.7. The lowest BCUT2D eigenvalue weighted by Gasteiger charge is -2.31. The Morgan fingerprint density at radius 1 is 1.24 bits per heavy atom. The van der Waals surface area contributed by atoms with Crippen molar-refractivity contribution >= 4 is 21.7 Å². The maximum Gasteiger partial charge on any atom is 0.303 e. The molecule has 0 radical (unpaired) electrons. The monoisotopic (exact) mass is 423 g/mol. The fourth-order valence-corrected chi connectivity index (χ4v) is 4.84. The molecule has 1 aliphatic rings. The molecule has 1 N–H and O–H groups in total. The average molecular weight is 423 g/mol. The van der Waals surface area contributed by atoms with Crippen LogP contribution in [0.5, 0.6) is 11.5 Å². The van der Waals surface area contributed by atoms with Gasteiger partial charge in [-0.25, -0.2) is 12.8 Å². The molecule has 0 unspecified atom stereocenters. The highest BCUT2D eigenvalue weighted by molar-refractivity contribution is 7.92. The zero-order valence-electron chi connectivity index (χ0n) is 15.9. The van der Waals surface area contributed by atoms with Crippen LogP contribution in [-0.2, 0) is 21.2 Å². The first-order valence-corrected chi connectivity index (χ1v) is 10.6. The van der Waals surface area contributed by atoms with Crippen LogP contribution in [0.2, 0.25) is 0 Å². The molecule has 0 aromatic heterocycles. The summed E-state index contributed by atoms with van der Waals surface area (Å²) < 4.78 is 52.7. The van der Waals surface area contributed by atoms with Crippen molar-refractivity contribution in [2.75, 3.05) is 24.6 Å². The van der Waals surface area contributed by atoms with E-state index in [1.54, 1.807) is 6.07 Å². The minimum Gasteiger partial charge on any atom is -0.495 e. The molecule has 156 valence electrons. The third kappa shape index (κ3) is 4.45. The smallest absolute Gasteiger partial charge is 0.303 e. The number of aryl methyl sites for hydroxylation is 1. The molecule has 7 nitrogen and oxygen atoms in total. The van der Waals surface area contributed by atoms with E-state index in [-0.39, 0.29) is 36.6 Å². The van der Waals surface area contributed by atoms with Crippen LogP contribution in [0.25, 0.3) is 0 Å². The second-order valence-corrected chi connectivity index (χ2v) is 8.45. The summed E-state index contributed by atoms with van der Waals surface area (Å²) in [5.74, 6) is -1.46. The molecule has 3 rings (SSSR count). The van der Waals surface area contributed by atoms with E-state index in [4.69, 9.17) is 14.6 Å². The van der Waals surface area contributed by atoms with E-state index in [0.717, 1.165) is 18.1 Å². The van der Waals surface area contributed by atoms with E-state index in [1.807, 2.05) is 12.1 Å². The zero-order valence-corrected chi connectivity index (χ0v) is 16.7. The molecule has 2 aromatic rings. The number of nitrogens with zero attached hydrogens (tertiary/aromatic N) is 1. The number of methoxy groups -OCH3 is 1. The molecule has 1 aliphatic heterocycles. The van der Waals surface area contributed by atoms with E-state index in [9.17, 15) is 17.6 Å². The number of ether oxygens (including phenoxy) is 2. The molecule has 0 saturated carbocycles. The van der Waals surface area contributed by atoms with Crippen LogP contribution in [0.1, 0.15) is 24.8 Å². The topological polar surface area (TPSA) is 93.1 Å². The lowest BCUT2D eigenvalue weighted by atomic mass is 10.0. The van der Waals surface area contributed by atoms with Crippen molar-refractivity contribution in [1.29, 1.82) is 0 Å². The highest BCUT2D eigenvalue weighted by atomic mass is 32.2. The Morgan fingerprint density at radius 3 is 2.72 bits per heavy atom. The molecule has 0 fully saturated rings. The number of halogens is 1. The van der Waals surface area contributed by atoms with Crippen LogP contribution in [0.3, 0.4) is 0 Å². The summed E-state index contributed by atoms with van der Waals surface area (Å²) in [4.78, 5) is 10.3. The fourth-order valence-electron chi connectivity index (χ4n) is 3.27. The van der Waals surface area contributed by atoms with Gasteiger partial charge in [0.15, 0.2) is 11.6 Å². The Bertz CT molecular complexity index is 994. The largest absolute Gasteiger partial charge is 0.495 e. The molecule has 0 saturated heterocycles. The van der Waals surface area contributed by atoms with Gasteiger partial charge in [-0.2, -0.15) is 0 Å². The first kappa shape index (κ1) is 20.9. The summed E-state index contributed by atoms with van der Waals surface area (Å²) in [7, 11) is -2.53. The minimum absolute atomic E-state index is 0.0199. The van der Waals surface area contributed by atoms with Crippen LogP contribution in [0, 0.1) is 5.82 Å². The average Bonchev–Trinajstić information content (AvgIpc) is 2.70. The van der Waals surface area contributed by atoms with Crippen molar-refractivity contribution in [3.8, 4) is 11.5 Å². The third-order valence-electron chi connectivity index (χ3n) is 4.64. The zero-order chi connectivity index (χ0) is 21.0. The maximum atomic E-state index is 14.4. The lowest BCUT2D eigenvalue weighted by Crippen LogP contribution is -2.35. The number of para-hydroxylation sites is 1. The van der Waals surface area contributed by atoms with Crippen LogP contribution < -0.4 is 13.8 Å². The van der Waals surface area contributed by atoms with Gasteiger partial charge in [-0.05, 0) is 49.1 Å². The molecule has 0 amide bonds. The summed E-state index contributed by atoms with van der Waals surface area (Å²) in [6, 6.07) is 8.82. The minimum atomic E-state index is -4.00. The highest BCUT2D eigenvalue weighted by Crippen LogP contribution is 2.39. The number of hydrogen-bond acceptors (Lipinski definition) is 5. The Labute approximate surface area is 168 Å². The van der Waals surface area contributed by atoms with Crippen LogP contribution in [0.4, 0.5) is 10.1 Å². The third-order valence-corrected chi connectivity index (χ3v) is 6.44. The van der Waals surface area contributed by atoms with Crippen LogP contribution >= 0.6 is 0 Å². The Kier molecular flexibility index (Phi) is 6.26. The first-order chi connectivity index (χ1) is 13.8. The van der Waals surface area contributed by atoms with Gasteiger partial charge in [-0.15, -0.1) is 0 Å². The Morgan fingerprint density at radius 2 is 2.03 bits per heavy atom. The molecule has 9 heteroatoms. The van der Waals surface area contributed by atoms with Crippen molar-refractivity contribution in [2.45, 2.75) is 30.6 Å². The summed E-state index contributed by atoms with van der Waals surface area (Å²) in [5, 5.41) is 8.61. The molecule has 0 atom stereocenters. The molecule has 29 heavy (non-hydrogen) atoms. The number of fused-ring (bicyclic) bond motifs is 1. The SMILES string of the molecule is COc1cccc2c1N(S(=O)(=O)c1ccc(OCCCC(=O)O)c(F)c1)CCC2. The number of hydrogen-bond donors (Lipinski definition) is 1. The van der Waals surface area contributed by atoms with Crippen molar-refractivity contribution in [3.05, 3.63) is 47.8 Å². The van der Waals surface area contributed by atoms with Crippen LogP contribution in [0.15, 0.2) is 41.3 Å². The van der Waals surface area contributed by atoms with Gasteiger partial charge in [-0.1, -0.05) is 12.1 Å². The molecule has 1 heterocycles. The quantitative estimate of drug-likeness (QED) is 0.656. The maximum absolute atomic E-state index is 14.4. The number of carbonyl (C=O) groups is 1. The highest BCUT2D eigenvalue weighted by Gasteiger charge is 2.32. The molecule has 2 aromatic carbocycles. The molecule has 0 bridgehead atoms. The van der Waals surface area contributed by atoms with Gasteiger partial charge in [0.2, 0.25) is 0 Å². The van der Waals surface area contributed by atoms with Gasteiger partial charge in [0.1, 0.15) is 5.75 Å². The number of benzene rings is 2. The molecule has 0 aliphatic carbocycles. The Balaban J connectivity index is 1.86. The number of anilines is 1. The summed E-state index contributed by atoms with van der Waals surface area (Å²) in [6.07, 6.45) is 1.51. The van der Waals surface area contributed by atoms with Crippen molar-refractivity contribution in [1.82, 2.24) is 0 Å². The Hall–Kier alpha value is -2.81. The van der Waals surface area contributed by atoms with E-state index < -0.39 is 21.8 Å². The number of sulfonamides is 1. The predicted molar refractivity (Wildman–Crippen MR) is 105 cm³/mol. The summed E-state index contributed by atoms with van der Waals surface area (Å²) >= 11 is 0. The van der Waals surface area contributed by atoms with Crippen molar-refractivity contribution in [2.24, 2.45) is 0 Å². The van der Waals surface area contributed by atoms with Gasteiger partial charge in [-0.3, -0.25) is 9.10 Å². The first-order valence-electron chi connectivity index (χ1n) is 9.17. The van der Waals surface area contributed by atoms with E-state index in [2.05, 4.69) is 0 Å². The second kappa shape index (κ2) is 8.69. The molecule has 0 spiro atoms. The summed E-state index contributed by atoms with van der Waals surface area (Å²) in [5.41, 5.74) is 1.34. The van der Waals surface area contributed by atoms with Gasteiger partial charge in [0, 0.05) is 13.0 Å². The van der Waals surface area contributed by atoms with E-state index in [0.29, 0.717) is 17.9 Å². The van der Waals surface area contributed by atoms with E-state index >= 15 is 0 Å². The molecular formula is C20H22FNO6S. The standard InChI is InChI=1S/C20H22FNO6S/c1-27-18-7-2-5-14-6-3-11-22(20(14)18)29(25,26)15-9-10-17(16(21)13-15)28-12-4-8-19(23)24/h2,5,7,9-10,13H,3-4,6,8,11-12H2,1H3,(H,23,24). The van der Waals surface area contributed by atoms with Crippen molar-refractivity contribution < 1.29 is 32.2 Å². The number of rotatable bonds is 8. The lowest BCUT2D eigenvalue weighted by molar-refractivity contribution is -0.137. The van der Waals surface area contributed by atoms with Gasteiger partial charge in [0.05, 0.1) is 24.3 Å². The van der Waals surface area contributed by atoms with E-state index in [1.165, 1.54) is 23.5 Å². The number of carboxylic acid groups (broad SMARTS) is 1. The van der Waals surface area contributed by atoms with Gasteiger partial charge >= 0.3 is 5.97 Å². The fraction of sp³-hybridized carbons (Fsp3) is 0.350. The molecular weight excluding hydrogens is 401 g/mol. The summed E-state index contributed by atoms with van der Waals surface area (Å²) in [6.45, 7) is 0.288. The van der Waals surface area contributed by atoms with Crippen LogP contribution in [-0.4, -0.2) is 39.8 Å². The van der Waals surface area contributed by atoms with Crippen molar-refractivity contribution in [3.63, 3.8) is 0 Å². The predicted octanol–water partition coefficient (Wildman–Crippen LogP) is 3.22. The number of aliphatic carboxylic acids is 1.